The molecule has 2 heterocycles. The molecular formula is C17H13NO. The van der Waals surface area contributed by atoms with E-state index in [2.05, 4.69) is 42.3 Å². The van der Waals surface area contributed by atoms with Crippen LogP contribution in [-0.4, -0.2) is 6.21 Å². The first-order valence-electron chi connectivity index (χ1n) is 6.45. The third kappa shape index (κ3) is 1.53. The molecule has 2 heteroatoms. The minimum atomic E-state index is 0.0873. The molecule has 0 radical (unpaired) electrons. The van der Waals surface area contributed by atoms with Crippen molar-refractivity contribution in [1.29, 1.82) is 0 Å². The van der Waals surface area contributed by atoms with Crippen LogP contribution in [0, 0.1) is 0 Å². The predicted molar refractivity (Wildman–Crippen MR) is 78.7 cm³/mol. The molecule has 2 nitrogen and oxygen atoms in total. The lowest BCUT2D eigenvalue weighted by molar-refractivity contribution is 0.659. The van der Waals surface area contributed by atoms with Crippen LogP contribution in [0.25, 0.3) is 21.9 Å². The number of hydrogen-bond donors (Lipinski definition) is 0. The molecule has 19 heavy (non-hydrogen) atoms. The fourth-order valence-corrected chi connectivity index (χ4v) is 2.70. The highest BCUT2D eigenvalue weighted by molar-refractivity contribution is 6.06. The quantitative estimate of drug-likeness (QED) is 0.614. The molecule has 1 atom stereocenters. The smallest absolute Gasteiger partial charge is 0.141 e. The van der Waals surface area contributed by atoms with Crippen molar-refractivity contribution < 1.29 is 4.42 Å². The number of aliphatic imine (C=N–C) groups is 1. The normalized spacial score (nSPS) is 18.4. The van der Waals surface area contributed by atoms with Crippen molar-refractivity contribution in [1.82, 2.24) is 0 Å². The molecule has 0 aliphatic carbocycles. The van der Waals surface area contributed by atoms with E-state index in [4.69, 9.17) is 4.42 Å². The summed E-state index contributed by atoms with van der Waals surface area (Å²) in [7, 11) is 0. The van der Waals surface area contributed by atoms with Gasteiger partial charge in [-0.05, 0) is 18.6 Å². The average molecular weight is 247 g/mol. The second kappa shape index (κ2) is 3.82. The number of furan rings is 1. The number of para-hydroxylation sites is 2. The summed E-state index contributed by atoms with van der Waals surface area (Å²) in [5.41, 5.74) is 4.24. The van der Waals surface area contributed by atoms with Gasteiger partial charge in [-0.1, -0.05) is 42.5 Å². The van der Waals surface area contributed by atoms with Crippen LogP contribution in [0.1, 0.15) is 18.5 Å². The van der Waals surface area contributed by atoms with Crippen LogP contribution in [0.15, 0.2) is 63.5 Å². The summed E-state index contributed by atoms with van der Waals surface area (Å²) in [5.74, 6) is 0. The fraction of sp³-hybridized carbons (Fsp3) is 0.118. The lowest BCUT2D eigenvalue weighted by Gasteiger charge is -2.05. The van der Waals surface area contributed by atoms with Crippen LogP contribution < -0.4 is 0 Å². The van der Waals surface area contributed by atoms with Crippen LogP contribution in [-0.2, 0) is 0 Å². The fourth-order valence-electron chi connectivity index (χ4n) is 2.70. The highest BCUT2D eigenvalue weighted by atomic mass is 16.3. The lowest BCUT2D eigenvalue weighted by atomic mass is 10.0. The van der Waals surface area contributed by atoms with Crippen molar-refractivity contribution in [2.45, 2.75) is 13.0 Å². The van der Waals surface area contributed by atoms with Gasteiger partial charge in [0.25, 0.3) is 0 Å². The molecule has 4 rings (SSSR count). The highest BCUT2D eigenvalue weighted by Crippen LogP contribution is 2.35. The Labute approximate surface area is 111 Å². The molecule has 0 saturated heterocycles. The summed E-state index contributed by atoms with van der Waals surface area (Å²) < 4.78 is 6.03. The average Bonchev–Trinajstić information content (AvgIpc) is 3.02. The number of allylic oxidation sites excluding steroid dienone is 1. The molecule has 1 aliphatic heterocycles. The molecule has 1 aromatic heterocycles. The van der Waals surface area contributed by atoms with E-state index < -0.39 is 0 Å². The van der Waals surface area contributed by atoms with Crippen molar-refractivity contribution in [3.8, 4) is 0 Å². The summed E-state index contributed by atoms with van der Waals surface area (Å²) in [5, 5.41) is 2.34. The second-order valence-electron chi connectivity index (χ2n) is 4.96. The van der Waals surface area contributed by atoms with Gasteiger partial charge in [0.1, 0.15) is 11.2 Å². The first-order valence-corrected chi connectivity index (χ1v) is 6.45. The van der Waals surface area contributed by atoms with Crippen LogP contribution in [0.5, 0.6) is 0 Å². The number of hydrogen-bond acceptors (Lipinski definition) is 2. The highest BCUT2D eigenvalue weighted by Gasteiger charge is 2.17. The molecule has 1 aliphatic rings. The van der Waals surface area contributed by atoms with E-state index in [0.717, 1.165) is 16.7 Å². The zero-order chi connectivity index (χ0) is 12.8. The molecule has 0 saturated carbocycles. The van der Waals surface area contributed by atoms with E-state index in [1.807, 2.05) is 24.4 Å². The van der Waals surface area contributed by atoms with Gasteiger partial charge in [-0.2, -0.15) is 0 Å². The van der Waals surface area contributed by atoms with Crippen LogP contribution in [0.2, 0.25) is 0 Å². The first-order chi connectivity index (χ1) is 9.33. The molecule has 0 bridgehead atoms. The SMILES string of the molecule is CC1=CC(c2cccc3c2oc2ccccc23)N=C1. The van der Waals surface area contributed by atoms with Crippen molar-refractivity contribution in [3.05, 3.63) is 59.7 Å². The van der Waals surface area contributed by atoms with Gasteiger partial charge in [-0.15, -0.1) is 0 Å². The van der Waals surface area contributed by atoms with Gasteiger partial charge in [-0.25, -0.2) is 0 Å². The van der Waals surface area contributed by atoms with Gasteiger partial charge in [0.2, 0.25) is 0 Å². The van der Waals surface area contributed by atoms with Crippen LogP contribution in [0.3, 0.4) is 0 Å². The third-order valence-electron chi connectivity index (χ3n) is 3.61. The summed E-state index contributed by atoms with van der Waals surface area (Å²) in [6.45, 7) is 2.07. The van der Waals surface area contributed by atoms with Gasteiger partial charge in [0.05, 0.1) is 6.04 Å². The number of benzene rings is 2. The number of rotatable bonds is 1. The maximum absolute atomic E-state index is 6.03. The van der Waals surface area contributed by atoms with Gasteiger partial charge < -0.3 is 4.42 Å². The van der Waals surface area contributed by atoms with E-state index in [9.17, 15) is 0 Å². The van der Waals surface area contributed by atoms with E-state index in [1.54, 1.807) is 0 Å². The Morgan fingerprint density at radius 1 is 1.00 bits per heavy atom. The standard InChI is InChI=1S/C17H13NO/c1-11-9-15(18-10-11)14-7-4-6-13-12-5-2-3-8-16(12)19-17(13)14/h2-10,15H,1H3. The van der Waals surface area contributed by atoms with Gasteiger partial charge in [-0.3, -0.25) is 4.99 Å². The van der Waals surface area contributed by atoms with Gasteiger partial charge >= 0.3 is 0 Å². The molecule has 92 valence electrons. The zero-order valence-corrected chi connectivity index (χ0v) is 10.6. The molecule has 1 unspecified atom stereocenters. The third-order valence-corrected chi connectivity index (χ3v) is 3.61. The van der Waals surface area contributed by atoms with E-state index in [1.165, 1.54) is 16.3 Å². The molecule has 2 aromatic carbocycles. The van der Waals surface area contributed by atoms with Crippen LogP contribution in [0.4, 0.5) is 0 Å². The predicted octanol–water partition coefficient (Wildman–Crippen LogP) is 4.66. The Morgan fingerprint density at radius 2 is 1.84 bits per heavy atom. The minimum Gasteiger partial charge on any atom is -0.456 e. The molecule has 0 spiro atoms. The van der Waals surface area contributed by atoms with Crippen molar-refractivity contribution in [2.24, 2.45) is 4.99 Å². The summed E-state index contributed by atoms with van der Waals surface area (Å²) in [6.07, 6.45) is 4.09. The monoisotopic (exact) mass is 247 g/mol. The van der Waals surface area contributed by atoms with Crippen molar-refractivity contribution in [3.63, 3.8) is 0 Å². The largest absolute Gasteiger partial charge is 0.456 e. The second-order valence-corrected chi connectivity index (χ2v) is 4.96. The Kier molecular flexibility index (Phi) is 2.12. The molecular weight excluding hydrogens is 234 g/mol. The van der Waals surface area contributed by atoms with Gasteiger partial charge in [0, 0.05) is 22.6 Å². The van der Waals surface area contributed by atoms with Crippen molar-refractivity contribution >= 4 is 28.2 Å². The molecule has 0 fully saturated rings. The van der Waals surface area contributed by atoms with Crippen molar-refractivity contribution in [2.75, 3.05) is 0 Å². The van der Waals surface area contributed by atoms with Gasteiger partial charge in [0.15, 0.2) is 0 Å². The zero-order valence-electron chi connectivity index (χ0n) is 10.6. The maximum Gasteiger partial charge on any atom is 0.141 e. The van der Waals surface area contributed by atoms with E-state index in [0.29, 0.717) is 0 Å². The Balaban J connectivity index is 2.04. The van der Waals surface area contributed by atoms with E-state index in [-0.39, 0.29) is 6.04 Å². The summed E-state index contributed by atoms with van der Waals surface area (Å²) >= 11 is 0. The minimum absolute atomic E-state index is 0.0873. The topological polar surface area (TPSA) is 25.5 Å². The summed E-state index contributed by atoms with van der Waals surface area (Å²) in [4.78, 5) is 4.53. The van der Waals surface area contributed by atoms with Crippen LogP contribution >= 0.6 is 0 Å². The molecule has 0 N–H and O–H groups in total. The Hall–Kier alpha value is -2.35. The molecule has 3 aromatic rings. The Bertz CT molecular complexity index is 839. The first kappa shape index (κ1) is 10.6. The number of fused-ring (bicyclic) bond motifs is 3. The molecule has 0 amide bonds. The van der Waals surface area contributed by atoms with E-state index >= 15 is 0 Å². The maximum atomic E-state index is 6.03. The lowest BCUT2D eigenvalue weighted by Crippen LogP contribution is -1.88. The number of nitrogens with zero attached hydrogens (tertiary/aromatic N) is 1. The Morgan fingerprint density at radius 3 is 2.68 bits per heavy atom. The summed E-state index contributed by atoms with van der Waals surface area (Å²) in [6, 6.07) is 14.5.